The van der Waals surface area contributed by atoms with Crippen molar-refractivity contribution >= 4 is 40.4 Å². The highest BCUT2D eigenvalue weighted by atomic mass is 35.5. The Morgan fingerprint density at radius 1 is 1.03 bits per heavy atom. The van der Waals surface area contributed by atoms with E-state index < -0.39 is 17.5 Å². The number of hydrogen-bond acceptors (Lipinski definition) is 4. The van der Waals surface area contributed by atoms with E-state index in [2.05, 4.69) is 21.2 Å². The number of nitrogens with one attached hydrogen (secondary N) is 4. The predicted octanol–water partition coefficient (Wildman–Crippen LogP) is 4.43. The minimum Gasteiger partial charge on any atom is -0.464 e. The molecule has 1 atom stereocenters. The van der Waals surface area contributed by atoms with Gasteiger partial charge in [0.1, 0.15) is 5.54 Å². The summed E-state index contributed by atoms with van der Waals surface area (Å²) in [6.07, 6.45) is 4.38. The molecule has 0 saturated heterocycles. The zero-order chi connectivity index (χ0) is 25.3. The van der Waals surface area contributed by atoms with Gasteiger partial charge in [0.25, 0.3) is 0 Å². The number of amides is 3. The molecule has 8 nitrogen and oxygen atoms in total. The van der Waals surface area contributed by atoms with Gasteiger partial charge < -0.3 is 15.0 Å². The molecule has 3 rings (SSSR count). The quantitative estimate of drug-likeness (QED) is 0.244. The summed E-state index contributed by atoms with van der Waals surface area (Å²) in [5.41, 5.74) is 6.63. The number of carbonyl (C=O) groups excluding carboxylic acids is 3. The molecule has 186 valence electrons. The van der Waals surface area contributed by atoms with Crippen LogP contribution < -0.4 is 16.2 Å². The number of hydrogen-bond donors (Lipinski definition) is 4. The van der Waals surface area contributed by atoms with Crippen molar-refractivity contribution < 1.29 is 19.1 Å². The summed E-state index contributed by atoms with van der Waals surface area (Å²) in [6, 6.07) is 14.6. The van der Waals surface area contributed by atoms with Crippen molar-refractivity contribution in [3.63, 3.8) is 0 Å². The van der Waals surface area contributed by atoms with Gasteiger partial charge in [0.05, 0.1) is 6.61 Å². The number of aryl methyl sites for hydroxylation is 2. The molecule has 0 spiro atoms. The first-order valence-corrected chi connectivity index (χ1v) is 12.0. The van der Waals surface area contributed by atoms with Gasteiger partial charge in [0, 0.05) is 28.5 Å². The van der Waals surface area contributed by atoms with E-state index in [0.717, 1.165) is 28.5 Å². The molecular formula is C26H31ClN4O4. The van der Waals surface area contributed by atoms with Crippen LogP contribution in [0.4, 0.5) is 4.79 Å². The lowest BCUT2D eigenvalue weighted by atomic mass is 9.93. The second-order valence-electron chi connectivity index (χ2n) is 8.52. The third-order valence-corrected chi connectivity index (χ3v) is 6.03. The van der Waals surface area contributed by atoms with Crippen LogP contribution in [-0.2, 0) is 27.2 Å². The molecule has 1 aromatic heterocycles. The fourth-order valence-corrected chi connectivity index (χ4v) is 3.93. The fraction of sp³-hybridized carbons (Fsp3) is 0.346. The van der Waals surface area contributed by atoms with Crippen molar-refractivity contribution in [1.82, 2.24) is 21.2 Å². The SMILES string of the molecule is CCOC(=O)C(C)(CCc1ccc(Cl)cc1)NC(=O)NNC(=O)CCCc1c[nH]c2ccccc12. The maximum Gasteiger partial charge on any atom is 0.334 e. The van der Waals surface area contributed by atoms with E-state index >= 15 is 0 Å². The van der Waals surface area contributed by atoms with Crippen LogP contribution in [0.2, 0.25) is 5.02 Å². The molecule has 0 radical (unpaired) electrons. The van der Waals surface area contributed by atoms with E-state index in [-0.39, 0.29) is 18.9 Å². The maximum absolute atomic E-state index is 12.6. The lowest BCUT2D eigenvalue weighted by Crippen LogP contribution is -2.58. The van der Waals surface area contributed by atoms with Gasteiger partial charge in [-0.1, -0.05) is 41.9 Å². The first kappa shape index (κ1) is 26.1. The molecular weight excluding hydrogens is 468 g/mol. The number of rotatable bonds is 10. The average molecular weight is 499 g/mol. The second-order valence-corrected chi connectivity index (χ2v) is 8.96. The molecule has 0 bridgehead atoms. The van der Waals surface area contributed by atoms with Gasteiger partial charge in [-0.05, 0) is 68.9 Å². The summed E-state index contributed by atoms with van der Waals surface area (Å²) in [7, 11) is 0. The number of hydrazine groups is 1. The first-order chi connectivity index (χ1) is 16.8. The van der Waals surface area contributed by atoms with E-state index in [0.29, 0.717) is 24.3 Å². The largest absolute Gasteiger partial charge is 0.464 e. The van der Waals surface area contributed by atoms with Crippen LogP contribution in [0.3, 0.4) is 0 Å². The number of halogens is 1. The van der Waals surface area contributed by atoms with E-state index in [4.69, 9.17) is 16.3 Å². The highest BCUT2D eigenvalue weighted by Gasteiger charge is 2.36. The summed E-state index contributed by atoms with van der Waals surface area (Å²) in [4.78, 5) is 40.5. The van der Waals surface area contributed by atoms with E-state index in [1.54, 1.807) is 26.0 Å². The Morgan fingerprint density at radius 2 is 1.77 bits per heavy atom. The van der Waals surface area contributed by atoms with Crippen LogP contribution in [0.1, 0.15) is 44.2 Å². The minimum atomic E-state index is -1.28. The Balaban J connectivity index is 1.47. The van der Waals surface area contributed by atoms with Gasteiger partial charge >= 0.3 is 12.0 Å². The Kier molecular flexibility index (Phi) is 9.14. The molecule has 2 aromatic carbocycles. The Morgan fingerprint density at radius 3 is 2.51 bits per heavy atom. The number of aromatic amines is 1. The summed E-state index contributed by atoms with van der Waals surface area (Å²) in [5, 5.41) is 4.41. The number of ether oxygens (including phenoxy) is 1. The van der Waals surface area contributed by atoms with Crippen molar-refractivity contribution in [1.29, 1.82) is 0 Å². The van der Waals surface area contributed by atoms with Crippen LogP contribution in [0.15, 0.2) is 54.7 Å². The molecule has 0 fully saturated rings. The smallest absolute Gasteiger partial charge is 0.334 e. The van der Waals surface area contributed by atoms with Gasteiger partial charge in [-0.3, -0.25) is 10.2 Å². The topological polar surface area (TPSA) is 112 Å². The molecule has 0 aliphatic heterocycles. The summed E-state index contributed by atoms with van der Waals surface area (Å²) in [5.74, 6) is -0.867. The minimum absolute atomic E-state index is 0.186. The fourth-order valence-electron chi connectivity index (χ4n) is 3.80. The number of aromatic nitrogens is 1. The van der Waals surface area contributed by atoms with Crippen molar-refractivity contribution in [2.24, 2.45) is 0 Å². The highest BCUT2D eigenvalue weighted by molar-refractivity contribution is 6.30. The molecule has 0 saturated carbocycles. The number of H-pyrrole nitrogens is 1. The average Bonchev–Trinajstić information content (AvgIpc) is 3.26. The third kappa shape index (κ3) is 7.48. The molecule has 3 aromatic rings. The van der Waals surface area contributed by atoms with Gasteiger partial charge in [0.2, 0.25) is 5.91 Å². The number of carbonyl (C=O) groups is 3. The number of benzene rings is 2. The molecule has 1 unspecified atom stereocenters. The molecule has 0 aliphatic rings. The lowest BCUT2D eigenvalue weighted by Gasteiger charge is -2.28. The highest BCUT2D eigenvalue weighted by Crippen LogP contribution is 2.20. The molecule has 4 N–H and O–H groups in total. The van der Waals surface area contributed by atoms with Gasteiger partial charge in [0.15, 0.2) is 0 Å². The first-order valence-electron chi connectivity index (χ1n) is 11.6. The zero-order valence-electron chi connectivity index (χ0n) is 19.9. The normalized spacial score (nSPS) is 12.5. The van der Waals surface area contributed by atoms with Crippen LogP contribution in [-0.4, -0.2) is 35.0 Å². The molecule has 3 amide bonds. The lowest BCUT2D eigenvalue weighted by molar-refractivity contribution is -0.150. The van der Waals surface area contributed by atoms with Crippen LogP contribution in [0, 0.1) is 0 Å². The molecule has 35 heavy (non-hydrogen) atoms. The summed E-state index contributed by atoms with van der Waals surface area (Å²) >= 11 is 5.93. The van der Waals surface area contributed by atoms with Crippen molar-refractivity contribution in [2.75, 3.05) is 6.61 Å². The summed E-state index contributed by atoms with van der Waals surface area (Å²) < 4.78 is 5.17. The Labute approximate surface area is 209 Å². The van der Waals surface area contributed by atoms with Crippen LogP contribution in [0.25, 0.3) is 10.9 Å². The molecule has 1 heterocycles. The van der Waals surface area contributed by atoms with Crippen molar-refractivity contribution in [3.05, 3.63) is 70.9 Å². The van der Waals surface area contributed by atoms with Gasteiger partial charge in [-0.15, -0.1) is 0 Å². The Bertz CT molecular complexity index is 1160. The van der Waals surface area contributed by atoms with Crippen LogP contribution >= 0.6 is 11.6 Å². The monoisotopic (exact) mass is 498 g/mol. The van der Waals surface area contributed by atoms with Crippen molar-refractivity contribution in [3.8, 4) is 0 Å². The van der Waals surface area contributed by atoms with E-state index in [9.17, 15) is 14.4 Å². The standard InChI is InChI=1S/C26H31ClN4O4/c1-3-35-24(33)26(2,16-15-18-11-13-20(27)14-12-18)29-25(34)31-30-23(32)10-6-7-19-17-28-22-9-5-4-8-21(19)22/h4-5,8-9,11-14,17,28H,3,6-7,10,15-16H2,1-2H3,(H,30,32)(H2,29,31,34). The van der Waals surface area contributed by atoms with E-state index in [1.165, 1.54) is 0 Å². The third-order valence-electron chi connectivity index (χ3n) is 5.78. The zero-order valence-corrected chi connectivity index (χ0v) is 20.7. The van der Waals surface area contributed by atoms with Crippen molar-refractivity contribution in [2.45, 2.75) is 51.5 Å². The number of urea groups is 1. The number of para-hydroxylation sites is 1. The molecule has 0 aliphatic carbocycles. The summed E-state index contributed by atoms with van der Waals surface area (Å²) in [6.45, 7) is 3.49. The number of esters is 1. The Hall–Kier alpha value is -3.52. The van der Waals surface area contributed by atoms with Crippen LogP contribution in [0.5, 0.6) is 0 Å². The number of fused-ring (bicyclic) bond motifs is 1. The van der Waals surface area contributed by atoms with Gasteiger partial charge in [-0.2, -0.15) is 0 Å². The van der Waals surface area contributed by atoms with Gasteiger partial charge in [-0.25, -0.2) is 15.0 Å². The second kappa shape index (κ2) is 12.3. The predicted molar refractivity (Wildman–Crippen MR) is 136 cm³/mol. The van der Waals surface area contributed by atoms with E-state index in [1.807, 2.05) is 42.6 Å². The maximum atomic E-state index is 12.6. The molecule has 9 heteroatoms.